The van der Waals surface area contributed by atoms with Crippen molar-refractivity contribution in [1.29, 1.82) is 0 Å². The number of rotatable bonds is 6. The summed E-state index contributed by atoms with van der Waals surface area (Å²) in [5.74, 6) is 0.219. The lowest BCUT2D eigenvalue weighted by Crippen LogP contribution is -2.39. The van der Waals surface area contributed by atoms with Crippen molar-refractivity contribution in [3.8, 4) is 0 Å². The van der Waals surface area contributed by atoms with Gasteiger partial charge in [0.05, 0.1) is 12.6 Å². The maximum absolute atomic E-state index is 12.3. The molecule has 0 fully saturated rings. The number of aliphatic hydroxyl groups excluding tert-OH is 1. The zero-order valence-corrected chi connectivity index (χ0v) is 13.0. The Morgan fingerprint density at radius 2 is 2.05 bits per heavy atom. The molecule has 2 rings (SSSR count). The van der Waals surface area contributed by atoms with Gasteiger partial charge in [-0.15, -0.1) is 0 Å². The molecule has 1 aromatic carbocycles. The predicted molar refractivity (Wildman–Crippen MR) is 87.3 cm³/mol. The van der Waals surface area contributed by atoms with E-state index in [1.165, 1.54) is 6.07 Å². The minimum Gasteiger partial charge on any atom is -0.394 e. The van der Waals surface area contributed by atoms with E-state index in [9.17, 15) is 9.90 Å². The second-order valence-corrected chi connectivity index (χ2v) is 5.24. The number of pyridine rings is 1. The number of benzene rings is 1. The highest BCUT2D eigenvalue weighted by molar-refractivity contribution is 6.29. The Morgan fingerprint density at radius 3 is 2.68 bits per heavy atom. The van der Waals surface area contributed by atoms with Crippen molar-refractivity contribution in [1.82, 2.24) is 10.3 Å². The summed E-state index contributed by atoms with van der Waals surface area (Å²) in [5.41, 5.74) is 1.45. The van der Waals surface area contributed by atoms with Gasteiger partial charge in [-0.2, -0.15) is 0 Å². The molecule has 0 saturated carbocycles. The van der Waals surface area contributed by atoms with Crippen LogP contribution >= 0.6 is 11.6 Å². The van der Waals surface area contributed by atoms with Crippen LogP contribution in [0.15, 0.2) is 42.5 Å². The summed E-state index contributed by atoms with van der Waals surface area (Å²) in [4.78, 5) is 16.3. The summed E-state index contributed by atoms with van der Waals surface area (Å²) in [6, 6.07) is 12.4. The molecule has 1 unspecified atom stereocenters. The Labute approximate surface area is 134 Å². The number of halogens is 1. The van der Waals surface area contributed by atoms with Crippen molar-refractivity contribution in [2.45, 2.75) is 12.5 Å². The first-order valence-electron chi connectivity index (χ1n) is 6.93. The molecule has 6 heteroatoms. The molecule has 5 nitrogen and oxygen atoms in total. The molecule has 0 bridgehead atoms. The van der Waals surface area contributed by atoms with E-state index in [4.69, 9.17) is 11.6 Å². The van der Waals surface area contributed by atoms with Crippen LogP contribution in [0.4, 0.5) is 5.82 Å². The lowest BCUT2D eigenvalue weighted by Gasteiger charge is -2.17. The number of aliphatic hydroxyl groups is 1. The van der Waals surface area contributed by atoms with E-state index in [0.29, 0.717) is 17.8 Å². The molecule has 0 spiro atoms. The zero-order valence-electron chi connectivity index (χ0n) is 12.2. The molecule has 3 N–H and O–H groups in total. The number of hydrogen-bond donors (Lipinski definition) is 3. The predicted octanol–water partition coefficient (Wildman–Crippen LogP) is 2.11. The highest BCUT2D eigenvalue weighted by atomic mass is 35.5. The lowest BCUT2D eigenvalue weighted by molar-refractivity contribution is 0.0916. The highest BCUT2D eigenvalue weighted by Gasteiger charge is 2.15. The molecule has 2 aromatic rings. The van der Waals surface area contributed by atoms with Crippen molar-refractivity contribution in [2.75, 3.05) is 19.0 Å². The maximum atomic E-state index is 12.3. The van der Waals surface area contributed by atoms with Gasteiger partial charge in [0.2, 0.25) is 0 Å². The van der Waals surface area contributed by atoms with Gasteiger partial charge in [-0.3, -0.25) is 4.79 Å². The van der Waals surface area contributed by atoms with Crippen LogP contribution in [0.3, 0.4) is 0 Å². The second kappa shape index (κ2) is 7.77. The SMILES string of the molecule is CNc1cc(C(=O)NC(CO)Cc2ccccc2)cc(Cl)n1. The quantitative estimate of drug-likeness (QED) is 0.713. The molecule has 22 heavy (non-hydrogen) atoms. The number of aromatic nitrogens is 1. The number of hydrogen-bond acceptors (Lipinski definition) is 4. The van der Waals surface area contributed by atoms with Crippen LogP contribution in [-0.4, -0.2) is 35.7 Å². The van der Waals surface area contributed by atoms with Crippen LogP contribution in [0, 0.1) is 0 Å². The normalized spacial score (nSPS) is 11.8. The molecule has 0 aliphatic carbocycles. The topological polar surface area (TPSA) is 74.2 Å². The van der Waals surface area contributed by atoms with Gasteiger partial charge in [-0.25, -0.2) is 4.98 Å². The number of carbonyl (C=O) groups excluding carboxylic acids is 1. The van der Waals surface area contributed by atoms with Crippen LogP contribution < -0.4 is 10.6 Å². The largest absolute Gasteiger partial charge is 0.394 e. The number of anilines is 1. The van der Waals surface area contributed by atoms with Crippen LogP contribution in [0.5, 0.6) is 0 Å². The number of nitrogens with zero attached hydrogens (tertiary/aromatic N) is 1. The standard InChI is InChI=1S/C16H18ClN3O2/c1-18-15-9-12(8-14(17)20-15)16(22)19-13(10-21)7-11-5-3-2-4-6-11/h2-6,8-9,13,21H,7,10H2,1H3,(H,18,20)(H,19,22). The van der Waals surface area contributed by atoms with Gasteiger partial charge in [0.25, 0.3) is 5.91 Å². The molecule has 1 amide bonds. The van der Waals surface area contributed by atoms with Crippen LogP contribution in [0.25, 0.3) is 0 Å². The van der Waals surface area contributed by atoms with E-state index >= 15 is 0 Å². The average molecular weight is 320 g/mol. The summed E-state index contributed by atoms with van der Waals surface area (Å²) in [5, 5.41) is 15.4. The van der Waals surface area contributed by atoms with Gasteiger partial charge in [0.15, 0.2) is 0 Å². The summed E-state index contributed by atoms with van der Waals surface area (Å²) in [7, 11) is 1.70. The molecule has 0 saturated heterocycles. The number of nitrogens with one attached hydrogen (secondary N) is 2. The van der Waals surface area contributed by atoms with E-state index in [-0.39, 0.29) is 23.7 Å². The van der Waals surface area contributed by atoms with Crippen LogP contribution in [0.2, 0.25) is 5.15 Å². The van der Waals surface area contributed by atoms with Gasteiger partial charge in [-0.1, -0.05) is 41.9 Å². The Morgan fingerprint density at radius 1 is 1.32 bits per heavy atom. The Balaban J connectivity index is 2.07. The molecule has 1 atom stereocenters. The summed E-state index contributed by atoms with van der Waals surface area (Å²) in [6.45, 7) is -0.141. The van der Waals surface area contributed by atoms with Gasteiger partial charge in [0, 0.05) is 12.6 Å². The van der Waals surface area contributed by atoms with E-state index in [1.54, 1.807) is 13.1 Å². The molecular formula is C16H18ClN3O2. The number of amides is 1. The second-order valence-electron chi connectivity index (χ2n) is 4.86. The molecular weight excluding hydrogens is 302 g/mol. The van der Waals surface area contributed by atoms with Crippen LogP contribution in [0.1, 0.15) is 15.9 Å². The summed E-state index contributed by atoms with van der Waals surface area (Å²) in [6.07, 6.45) is 0.556. The summed E-state index contributed by atoms with van der Waals surface area (Å²) >= 11 is 5.89. The van der Waals surface area contributed by atoms with Crippen molar-refractivity contribution < 1.29 is 9.90 Å². The minimum atomic E-state index is -0.361. The van der Waals surface area contributed by atoms with Crippen molar-refractivity contribution in [3.63, 3.8) is 0 Å². The molecule has 0 radical (unpaired) electrons. The first kappa shape index (κ1) is 16.3. The Hall–Kier alpha value is -2.11. The molecule has 1 aromatic heterocycles. The molecule has 116 valence electrons. The van der Waals surface area contributed by atoms with Gasteiger partial charge < -0.3 is 15.7 Å². The molecule has 0 aliphatic heterocycles. The minimum absolute atomic E-state index is 0.141. The fraction of sp³-hybridized carbons (Fsp3) is 0.250. The van der Waals surface area contributed by atoms with Gasteiger partial charge in [0.1, 0.15) is 11.0 Å². The highest BCUT2D eigenvalue weighted by Crippen LogP contribution is 2.14. The Kier molecular flexibility index (Phi) is 5.75. The smallest absolute Gasteiger partial charge is 0.251 e. The zero-order chi connectivity index (χ0) is 15.9. The van der Waals surface area contributed by atoms with Gasteiger partial charge in [-0.05, 0) is 24.1 Å². The fourth-order valence-electron chi connectivity index (χ4n) is 2.08. The fourth-order valence-corrected chi connectivity index (χ4v) is 2.29. The van der Waals surface area contributed by atoms with Crippen LogP contribution in [-0.2, 0) is 6.42 Å². The van der Waals surface area contributed by atoms with Crippen molar-refractivity contribution in [3.05, 3.63) is 58.7 Å². The van der Waals surface area contributed by atoms with Gasteiger partial charge >= 0.3 is 0 Å². The maximum Gasteiger partial charge on any atom is 0.251 e. The monoisotopic (exact) mass is 319 g/mol. The first-order chi connectivity index (χ1) is 10.6. The van der Waals surface area contributed by atoms with E-state index in [1.807, 2.05) is 30.3 Å². The third-order valence-corrected chi connectivity index (χ3v) is 3.39. The third-order valence-electron chi connectivity index (χ3n) is 3.19. The molecule has 1 heterocycles. The molecule has 0 aliphatic rings. The number of carbonyl (C=O) groups is 1. The van der Waals surface area contributed by atoms with Crippen molar-refractivity contribution in [2.24, 2.45) is 0 Å². The Bertz CT molecular complexity index is 635. The third kappa shape index (κ3) is 4.44. The van der Waals surface area contributed by atoms with Crippen molar-refractivity contribution >= 4 is 23.3 Å². The van der Waals surface area contributed by atoms with E-state index in [2.05, 4.69) is 15.6 Å². The lowest BCUT2D eigenvalue weighted by atomic mass is 10.1. The van der Waals surface area contributed by atoms with E-state index in [0.717, 1.165) is 5.56 Å². The summed E-state index contributed by atoms with van der Waals surface area (Å²) < 4.78 is 0. The average Bonchev–Trinajstić information content (AvgIpc) is 2.54. The first-order valence-corrected chi connectivity index (χ1v) is 7.31. The van der Waals surface area contributed by atoms with E-state index < -0.39 is 0 Å².